The molecule has 32 heavy (non-hydrogen) atoms. The van der Waals surface area contributed by atoms with E-state index >= 15 is 0 Å². The lowest BCUT2D eigenvalue weighted by molar-refractivity contribution is 0.414. The van der Waals surface area contributed by atoms with Crippen molar-refractivity contribution in [1.82, 2.24) is 19.7 Å². The van der Waals surface area contributed by atoms with Crippen LogP contribution in [-0.4, -0.2) is 32.6 Å². The number of nitrogens with one attached hydrogen (secondary N) is 1. The SMILES string of the molecule is COc1ccc(-n2c(SC/C=C/c3ccccc3)nnc2-c2c[nH]c3ccccc23)cc1. The van der Waals surface area contributed by atoms with E-state index in [1.807, 2.05) is 60.8 Å². The van der Waals surface area contributed by atoms with E-state index in [9.17, 15) is 0 Å². The smallest absolute Gasteiger partial charge is 0.196 e. The van der Waals surface area contributed by atoms with Crippen LogP contribution in [0.2, 0.25) is 0 Å². The Morgan fingerprint density at radius 2 is 1.72 bits per heavy atom. The van der Waals surface area contributed by atoms with Crippen molar-refractivity contribution in [2.45, 2.75) is 5.16 Å². The second-order valence-electron chi connectivity index (χ2n) is 7.21. The van der Waals surface area contributed by atoms with Crippen LogP contribution in [-0.2, 0) is 0 Å². The average Bonchev–Trinajstić information content (AvgIpc) is 3.46. The van der Waals surface area contributed by atoms with Gasteiger partial charge in [-0.2, -0.15) is 0 Å². The molecule has 0 aliphatic rings. The van der Waals surface area contributed by atoms with Crippen LogP contribution < -0.4 is 4.74 Å². The van der Waals surface area contributed by atoms with Gasteiger partial charge in [-0.05, 0) is 35.9 Å². The Morgan fingerprint density at radius 1 is 0.938 bits per heavy atom. The number of thioether (sulfide) groups is 1. The van der Waals surface area contributed by atoms with Crippen molar-refractivity contribution in [2.75, 3.05) is 12.9 Å². The molecule has 2 heterocycles. The number of ether oxygens (including phenoxy) is 1. The highest BCUT2D eigenvalue weighted by Gasteiger charge is 2.18. The van der Waals surface area contributed by atoms with E-state index in [4.69, 9.17) is 4.74 Å². The summed E-state index contributed by atoms with van der Waals surface area (Å²) >= 11 is 1.66. The molecule has 0 saturated heterocycles. The van der Waals surface area contributed by atoms with Gasteiger partial charge < -0.3 is 9.72 Å². The van der Waals surface area contributed by atoms with Crippen molar-refractivity contribution in [1.29, 1.82) is 0 Å². The van der Waals surface area contributed by atoms with Crippen molar-refractivity contribution in [3.8, 4) is 22.8 Å². The first-order chi connectivity index (χ1) is 15.8. The van der Waals surface area contributed by atoms with Gasteiger partial charge in [0.05, 0.1) is 7.11 Å². The lowest BCUT2D eigenvalue weighted by atomic mass is 10.1. The van der Waals surface area contributed by atoms with Gasteiger partial charge >= 0.3 is 0 Å². The summed E-state index contributed by atoms with van der Waals surface area (Å²) in [6.07, 6.45) is 6.28. The Morgan fingerprint density at radius 3 is 2.53 bits per heavy atom. The molecule has 1 N–H and O–H groups in total. The first-order valence-electron chi connectivity index (χ1n) is 10.3. The quantitative estimate of drug-likeness (QED) is 0.306. The minimum atomic E-state index is 0.789. The topological polar surface area (TPSA) is 55.7 Å². The third-order valence-electron chi connectivity index (χ3n) is 5.21. The lowest BCUT2D eigenvalue weighted by Crippen LogP contribution is -1.99. The Bertz CT molecular complexity index is 1350. The number of methoxy groups -OCH3 is 1. The largest absolute Gasteiger partial charge is 0.497 e. The van der Waals surface area contributed by atoms with Crippen LogP contribution in [0.3, 0.4) is 0 Å². The average molecular weight is 439 g/mol. The fourth-order valence-corrected chi connectivity index (χ4v) is 4.39. The maximum absolute atomic E-state index is 5.34. The van der Waals surface area contributed by atoms with Crippen LogP contribution in [0, 0.1) is 0 Å². The first kappa shape index (κ1) is 20.2. The van der Waals surface area contributed by atoms with Crippen molar-refractivity contribution >= 4 is 28.7 Å². The monoisotopic (exact) mass is 438 g/mol. The van der Waals surface area contributed by atoms with Gasteiger partial charge in [0, 0.05) is 34.1 Å². The number of hydrogen-bond acceptors (Lipinski definition) is 4. The summed E-state index contributed by atoms with van der Waals surface area (Å²) in [6.45, 7) is 0. The number of aromatic nitrogens is 4. The first-order valence-corrected chi connectivity index (χ1v) is 11.3. The molecule has 0 atom stereocenters. The summed E-state index contributed by atoms with van der Waals surface area (Å²) in [5, 5.41) is 11.1. The third-order valence-corrected chi connectivity index (χ3v) is 6.09. The highest BCUT2D eigenvalue weighted by molar-refractivity contribution is 7.99. The van der Waals surface area contributed by atoms with Gasteiger partial charge in [0.15, 0.2) is 11.0 Å². The number of benzene rings is 3. The lowest BCUT2D eigenvalue weighted by Gasteiger charge is -2.10. The predicted octanol–water partition coefficient (Wildman–Crippen LogP) is 6.23. The molecule has 0 spiro atoms. The van der Waals surface area contributed by atoms with Crippen LogP contribution in [0.25, 0.3) is 34.1 Å². The summed E-state index contributed by atoms with van der Waals surface area (Å²) in [5.41, 5.74) is 4.28. The van der Waals surface area contributed by atoms with Crippen LogP contribution in [0.5, 0.6) is 5.75 Å². The Hall–Kier alpha value is -3.77. The molecule has 5 aromatic rings. The minimum Gasteiger partial charge on any atom is -0.497 e. The number of aromatic amines is 1. The summed E-state index contributed by atoms with van der Waals surface area (Å²) in [5.74, 6) is 2.41. The molecule has 0 aliphatic carbocycles. The molecular weight excluding hydrogens is 416 g/mol. The molecule has 0 radical (unpaired) electrons. The molecule has 0 aliphatic heterocycles. The third kappa shape index (κ3) is 4.05. The summed E-state index contributed by atoms with van der Waals surface area (Å²) in [7, 11) is 1.67. The number of nitrogens with zero attached hydrogens (tertiary/aromatic N) is 3. The molecule has 158 valence electrons. The molecule has 2 aromatic heterocycles. The van der Waals surface area contributed by atoms with E-state index < -0.39 is 0 Å². The second kappa shape index (κ2) is 9.16. The van der Waals surface area contributed by atoms with Crippen LogP contribution >= 0.6 is 11.8 Å². The van der Waals surface area contributed by atoms with Crippen molar-refractivity contribution < 1.29 is 4.74 Å². The molecule has 5 nitrogen and oxygen atoms in total. The predicted molar refractivity (Wildman–Crippen MR) is 131 cm³/mol. The van der Waals surface area contributed by atoms with Gasteiger partial charge in [-0.25, -0.2) is 0 Å². The van der Waals surface area contributed by atoms with Gasteiger partial charge in [0.2, 0.25) is 0 Å². The zero-order valence-corrected chi connectivity index (χ0v) is 18.4. The van der Waals surface area contributed by atoms with Crippen molar-refractivity contribution in [2.24, 2.45) is 0 Å². The van der Waals surface area contributed by atoms with Crippen molar-refractivity contribution in [3.05, 3.63) is 96.7 Å². The highest BCUT2D eigenvalue weighted by atomic mass is 32.2. The molecule has 6 heteroatoms. The van der Waals surface area contributed by atoms with Gasteiger partial charge in [-0.15, -0.1) is 10.2 Å². The number of H-pyrrole nitrogens is 1. The van der Waals surface area contributed by atoms with E-state index in [0.29, 0.717) is 0 Å². The zero-order valence-electron chi connectivity index (χ0n) is 17.6. The Kier molecular flexibility index (Phi) is 5.77. The molecule has 0 fully saturated rings. The number of hydrogen-bond donors (Lipinski definition) is 1. The Balaban J connectivity index is 1.51. The van der Waals surface area contributed by atoms with Gasteiger partial charge in [-0.3, -0.25) is 4.57 Å². The zero-order chi connectivity index (χ0) is 21.8. The maximum atomic E-state index is 5.34. The van der Waals surface area contributed by atoms with Crippen LogP contribution in [0.1, 0.15) is 5.56 Å². The standard InChI is InChI=1S/C26H22N4OS/c1-31-21-15-13-20(14-16-21)30-25(23-18-27-24-12-6-5-11-22(23)24)28-29-26(30)32-17-7-10-19-8-3-2-4-9-19/h2-16,18,27H,17H2,1H3/b10-7+. The van der Waals surface area contributed by atoms with Crippen molar-refractivity contribution in [3.63, 3.8) is 0 Å². The molecular formula is C26H22N4OS. The summed E-state index contributed by atoms with van der Waals surface area (Å²) in [6, 6.07) is 26.5. The minimum absolute atomic E-state index is 0.789. The number of rotatable bonds is 7. The molecule has 3 aromatic carbocycles. The molecule has 5 rings (SSSR count). The van der Waals surface area contributed by atoms with Gasteiger partial charge in [-0.1, -0.05) is 72.4 Å². The fourth-order valence-electron chi connectivity index (χ4n) is 3.63. The van der Waals surface area contributed by atoms with E-state index in [2.05, 4.69) is 56.2 Å². The Labute approximate surface area is 190 Å². The normalized spacial score (nSPS) is 11.4. The molecule has 0 bridgehead atoms. The van der Waals surface area contributed by atoms with Gasteiger partial charge in [0.1, 0.15) is 5.75 Å². The highest BCUT2D eigenvalue weighted by Crippen LogP contribution is 2.33. The fraction of sp³-hybridized carbons (Fsp3) is 0.0769. The maximum Gasteiger partial charge on any atom is 0.196 e. The summed E-state index contributed by atoms with van der Waals surface area (Å²) < 4.78 is 7.45. The van der Waals surface area contributed by atoms with Gasteiger partial charge in [0.25, 0.3) is 0 Å². The molecule has 0 saturated carbocycles. The molecule has 0 amide bonds. The second-order valence-corrected chi connectivity index (χ2v) is 8.20. The number of fused-ring (bicyclic) bond motifs is 1. The van der Waals surface area contributed by atoms with E-state index in [1.54, 1.807) is 18.9 Å². The van der Waals surface area contributed by atoms with Crippen LogP contribution in [0.4, 0.5) is 0 Å². The van der Waals surface area contributed by atoms with Crippen LogP contribution in [0.15, 0.2) is 96.3 Å². The van der Waals surface area contributed by atoms with E-state index in [-0.39, 0.29) is 0 Å². The molecule has 0 unspecified atom stereocenters. The van der Waals surface area contributed by atoms with E-state index in [0.717, 1.165) is 44.6 Å². The number of para-hydroxylation sites is 1. The van der Waals surface area contributed by atoms with E-state index in [1.165, 1.54) is 5.56 Å². The summed E-state index contributed by atoms with van der Waals surface area (Å²) in [4.78, 5) is 3.34.